The van der Waals surface area contributed by atoms with Gasteiger partial charge in [0.05, 0.1) is 12.1 Å². The van der Waals surface area contributed by atoms with Crippen LogP contribution >= 0.6 is 0 Å². The standard InChI is InChI=1S/C12H17FN2O/c1-8-7-9(4-5-10(8)13)12(15-14)11-3-2-6-16-11/h4-5,7,11-12,15H,2-3,6,14H2,1H3. The number of halogens is 1. The molecule has 1 fully saturated rings. The largest absolute Gasteiger partial charge is 0.376 e. The predicted molar refractivity (Wildman–Crippen MR) is 60.2 cm³/mol. The molecule has 0 bridgehead atoms. The second-order valence-electron chi connectivity index (χ2n) is 4.20. The van der Waals surface area contributed by atoms with Crippen molar-refractivity contribution in [2.75, 3.05) is 6.61 Å². The average molecular weight is 224 g/mol. The Balaban J connectivity index is 2.22. The number of nitrogens with two attached hydrogens (primary N) is 1. The van der Waals surface area contributed by atoms with E-state index in [-0.39, 0.29) is 18.0 Å². The molecule has 1 aliphatic heterocycles. The lowest BCUT2D eigenvalue weighted by Gasteiger charge is -2.22. The van der Waals surface area contributed by atoms with Crippen molar-refractivity contribution in [2.45, 2.75) is 31.9 Å². The number of hydrogen-bond acceptors (Lipinski definition) is 3. The lowest BCUT2D eigenvalue weighted by Crippen LogP contribution is -2.36. The first kappa shape index (κ1) is 11.5. The Bertz CT molecular complexity index is 364. The minimum Gasteiger partial charge on any atom is -0.376 e. The molecule has 2 atom stereocenters. The Morgan fingerprint density at radius 1 is 1.56 bits per heavy atom. The van der Waals surface area contributed by atoms with Gasteiger partial charge in [-0.25, -0.2) is 4.39 Å². The molecule has 4 heteroatoms. The highest BCUT2D eigenvalue weighted by Crippen LogP contribution is 2.27. The first-order valence-corrected chi connectivity index (χ1v) is 5.56. The Morgan fingerprint density at radius 2 is 2.38 bits per heavy atom. The summed E-state index contributed by atoms with van der Waals surface area (Å²) < 4.78 is 18.8. The van der Waals surface area contributed by atoms with Crippen LogP contribution in [0, 0.1) is 12.7 Å². The van der Waals surface area contributed by atoms with Crippen LogP contribution in [-0.4, -0.2) is 12.7 Å². The summed E-state index contributed by atoms with van der Waals surface area (Å²) in [6.07, 6.45) is 2.14. The van der Waals surface area contributed by atoms with Crippen LogP contribution in [-0.2, 0) is 4.74 Å². The molecule has 88 valence electrons. The van der Waals surface area contributed by atoms with E-state index < -0.39 is 0 Å². The number of hydrogen-bond donors (Lipinski definition) is 2. The van der Waals surface area contributed by atoms with Gasteiger partial charge in [-0.05, 0) is 37.0 Å². The smallest absolute Gasteiger partial charge is 0.126 e. The third kappa shape index (κ3) is 2.24. The van der Waals surface area contributed by atoms with Gasteiger partial charge in [0.25, 0.3) is 0 Å². The van der Waals surface area contributed by atoms with Gasteiger partial charge in [-0.15, -0.1) is 0 Å². The van der Waals surface area contributed by atoms with Crippen LogP contribution in [0.1, 0.15) is 30.0 Å². The van der Waals surface area contributed by atoms with Crippen LogP contribution < -0.4 is 11.3 Å². The maximum absolute atomic E-state index is 13.2. The summed E-state index contributed by atoms with van der Waals surface area (Å²) in [4.78, 5) is 0. The quantitative estimate of drug-likeness (QED) is 0.608. The van der Waals surface area contributed by atoms with Crippen molar-refractivity contribution in [1.82, 2.24) is 5.43 Å². The monoisotopic (exact) mass is 224 g/mol. The molecular weight excluding hydrogens is 207 g/mol. The molecule has 0 saturated carbocycles. The van der Waals surface area contributed by atoms with E-state index in [0.717, 1.165) is 25.0 Å². The molecule has 3 nitrogen and oxygen atoms in total. The van der Waals surface area contributed by atoms with Gasteiger partial charge in [-0.2, -0.15) is 0 Å². The van der Waals surface area contributed by atoms with Gasteiger partial charge >= 0.3 is 0 Å². The summed E-state index contributed by atoms with van der Waals surface area (Å²) in [5, 5.41) is 0. The second kappa shape index (κ2) is 4.91. The van der Waals surface area contributed by atoms with Crippen LogP contribution in [0.25, 0.3) is 0 Å². The zero-order chi connectivity index (χ0) is 11.5. The van der Waals surface area contributed by atoms with Gasteiger partial charge in [-0.3, -0.25) is 11.3 Å². The Labute approximate surface area is 94.8 Å². The number of ether oxygens (including phenoxy) is 1. The van der Waals surface area contributed by atoms with E-state index >= 15 is 0 Å². The molecule has 16 heavy (non-hydrogen) atoms. The summed E-state index contributed by atoms with van der Waals surface area (Å²) in [7, 11) is 0. The van der Waals surface area contributed by atoms with Gasteiger partial charge in [0.1, 0.15) is 5.82 Å². The first-order chi connectivity index (χ1) is 7.72. The van der Waals surface area contributed by atoms with Crippen LogP contribution in [0.15, 0.2) is 18.2 Å². The zero-order valence-corrected chi connectivity index (χ0v) is 9.37. The van der Waals surface area contributed by atoms with E-state index in [4.69, 9.17) is 10.6 Å². The summed E-state index contributed by atoms with van der Waals surface area (Å²) >= 11 is 0. The summed E-state index contributed by atoms with van der Waals surface area (Å²) in [5.74, 6) is 5.36. The molecule has 2 rings (SSSR count). The topological polar surface area (TPSA) is 47.3 Å². The highest BCUT2D eigenvalue weighted by Gasteiger charge is 2.26. The molecule has 0 spiro atoms. The maximum Gasteiger partial charge on any atom is 0.126 e. The van der Waals surface area contributed by atoms with E-state index in [1.807, 2.05) is 6.07 Å². The fourth-order valence-corrected chi connectivity index (χ4v) is 2.14. The fourth-order valence-electron chi connectivity index (χ4n) is 2.14. The molecule has 2 unspecified atom stereocenters. The molecular formula is C12H17FN2O. The number of nitrogens with one attached hydrogen (secondary N) is 1. The number of benzene rings is 1. The average Bonchev–Trinajstić information content (AvgIpc) is 2.78. The highest BCUT2D eigenvalue weighted by atomic mass is 19.1. The molecule has 3 N–H and O–H groups in total. The van der Waals surface area contributed by atoms with Gasteiger partial charge < -0.3 is 4.74 Å². The molecule has 1 aromatic carbocycles. The lowest BCUT2D eigenvalue weighted by atomic mass is 9.98. The van der Waals surface area contributed by atoms with E-state index in [2.05, 4.69) is 5.43 Å². The minimum absolute atomic E-state index is 0.0539. The summed E-state index contributed by atoms with van der Waals surface area (Å²) in [6, 6.07) is 5.00. The van der Waals surface area contributed by atoms with Crippen LogP contribution in [0.5, 0.6) is 0 Å². The summed E-state index contributed by atoms with van der Waals surface area (Å²) in [5.41, 5.74) is 4.37. The van der Waals surface area contributed by atoms with Gasteiger partial charge in [0.2, 0.25) is 0 Å². The third-order valence-electron chi connectivity index (χ3n) is 3.06. The van der Waals surface area contributed by atoms with Gasteiger partial charge in [-0.1, -0.05) is 12.1 Å². The maximum atomic E-state index is 13.2. The number of rotatable bonds is 3. The van der Waals surface area contributed by atoms with Crippen LogP contribution in [0.2, 0.25) is 0 Å². The molecule has 1 aliphatic rings. The molecule has 0 aromatic heterocycles. The highest BCUT2D eigenvalue weighted by molar-refractivity contribution is 5.27. The zero-order valence-electron chi connectivity index (χ0n) is 9.37. The van der Waals surface area contributed by atoms with E-state index in [1.54, 1.807) is 13.0 Å². The van der Waals surface area contributed by atoms with Crippen molar-refractivity contribution < 1.29 is 9.13 Å². The van der Waals surface area contributed by atoms with Crippen molar-refractivity contribution in [3.63, 3.8) is 0 Å². The summed E-state index contributed by atoms with van der Waals surface area (Å²) in [6.45, 7) is 2.53. The Morgan fingerprint density at radius 3 is 2.94 bits per heavy atom. The molecule has 0 amide bonds. The molecule has 1 saturated heterocycles. The number of hydrazine groups is 1. The van der Waals surface area contributed by atoms with Gasteiger partial charge in [0.15, 0.2) is 0 Å². The van der Waals surface area contributed by atoms with E-state index in [1.165, 1.54) is 6.07 Å². The minimum atomic E-state index is -0.188. The molecule has 0 aliphatic carbocycles. The third-order valence-corrected chi connectivity index (χ3v) is 3.06. The fraction of sp³-hybridized carbons (Fsp3) is 0.500. The number of aryl methyl sites for hydroxylation is 1. The van der Waals surface area contributed by atoms with E-state index in [0.29, 0.717) is 5.56 Å². The van der Waals surface area contributed by atoms with Crippen LogP contribution in [0.4, 0.5) is 4.39 Å². The Kier molecular flexibility index (Phi) is 3.53. The lowest BCUT2D eigenvalue weighted by molar-refractivity contribution is 0.0783. The van der Waals surface area contributed by atoms with Gasteiger partial charge in [0, 0.05) is 6.61 Å². The van der Waals surface area contributed by atoms with Crippen molar-refractivity contribution in [3.8, 4) is 0 Å². The first-order valence-electron chi connectivity index (χ1n) is 5.56. The molecule has 0 radical (unpaired) electrons. The Hall–Kier alpha value is -0.970. The van der Waals surface area contributed by atoms with Crippen molar-refractivity contribution in [2.24, 2.45) is 5.84 Å². The van der Waals surface area contributed by atoms with Crippen molar-refractivity contribution >= 4 is 0 Å². The second-order valence-corrected chi connectivity index (χ2v) is 4.20. The predicted octanol–water partition coefficient (Wildman–Crippen LogP) is 1.82. The van der Waals surface area contributed by atoms with Crippen molar-refractivity contribution in [3.05, 3.63) is 35.1 Å². The molecule has 1 heterocycles. The normalized spacial score (nSPS) is 22.3. The van der Waals surface area contributed by atoms with Crippen molar-refractivity contribution in [1.29, 1.82) is 0 Å². The van der Waals surface area contributed by atoms with Crippen LogP contribution in [0.3, 0.4) is 0 Å². The SMILES string of the molecule is Cc1cc(C(NN)C2CCCO2)ccc1F. The van der Waals surface area contributed by atoms with E-state index in [9.17, 15) is 4.39 Å². The molecule has 1 aromatic rings.